The molecule has 1 unspecified atom stereocenters. The molecule has 0 spiro atoms. The Labute approximate surface area is 165 Å². The van der Waals surface area contributed by atoms with Gasteiger partial charge in [0.1, 0.15) is 0 Å². The van der Waals surface area contributed by atoms with E-state index in [0.717, 1.165) is 0 Å². The number of allylic oxidation sites excluding steroid dienone is 4. The predicted octanol–water partition coefficient (Wildman–Crippen LogP) is 7.50. The van der Waals surface area contributed by atoms with E-state index in [1.165, 1.54) is 28.2 Å². The van der Waals surface area contributed by atoms with Crippen LogP contribution in [0.5, 0.6) is 0 Å². The topological polar surface area (TPSA) is 14.1 Å². The average Bonchev–Trinajstić information content (AvgIpc) is 2.72. The van der Waals surface area contributed by atoms with Gasteiger partial charge in [0.2, 0.25) is 0 Å². The molecule has 131 valence electrons. The summed E-state index contributed by atoms with van der Waals surface area (Å²) in [5, 5.41) is 1.54. The molecule has 0 aliphatic heterocycles. The van der Waals surface area contributed by atoms with E-state index >= 15 is 0 Å². The van der Waals surface area contributed by atoms with Crippen molar-refractivity contribution in [1.82, 2.24) is 0 Å². The Morgan fingerprint density at radius 3 is 1.83 bits per heavy atom. The molecule has 0 heterocycles. The molecule has 0 saturated heterocycles. The number of benzene rings is 1. The van der Waals surface area contributed by atoms with Gasteiger partial charge in [0, 0.05) is 5.92 Å². The third-order valence-electron chi connectivity index (χ3n) is 4.85. The number of rotatable bonds is 4. The Kier molecular flexibility index (Phi) is 9.03. The van der Waals surface area contributed by atoms with Crippen molar-refractivity contribution in [3.63, 3.8) is 0 Å². The van der Waals surface area contributed by atoms with Gasteiger partial charge in [-0.1, -0.05) is 79.2 Å². The number of nitrogens with zero attached hydrogens (tertiary/aromatic N) is 1. The molecule has 0 bridgehead atoms. The van der Waals surface area contributed by atoms with E-state index in [4.69, 9.17) is 23.6 Å². The summed E-state index contributed by atoms with van der Waals surface area (Å²) in [6, 6.07) is 10.9. The number of hydrogen-bond acceptors (Lipinski definition) is 0. The fourth-order valence-electron chi connectivity index (χ4n) is 3.49. The Morgan fingerprint density at radius 1 is 0.917 bits per heavy atom. The zero-order valence-corrected chi connectivity index (χ0v) is 19.7. The van der Waals surface area contributed by atoms with E-state index in [1.807, 2.05) is 0 Å². The normalized spacial score (nSPS) is 16.9. The van der Waals surface area contributed by atoms with E-state index in [0.29, 0.717) is 0 Å². The predicted molar refractivity (Wildman–Crippen MR) is 107 cm³/mol. The van der Waals surface area contributed by atoms with Gasteiger partial charge in [0.15, 0.2) is 0 Å². The van der Waals surface area contributed by atoms with Crippen LogP contribution < -0.4 is 0 Å². The molecule has 1 aliphatic rings. The zero-order chi connectivity index (χ0) is 18.5. The maximum atomic E-state index is 5.26. The molecule has 0 saturated carbocycles. The molecule has 1 atom stereocenters. The van der Waals surface area contributed by atoms with Crippen molar-refractivity contribution in [3.8, 4) is 0 Å². The summed E-state index contributed by atoms with van der Waals surface area (Å²) in [7, 11) is 7.98. The van der Waals surface area contributed by atoms with E-state index in [2.05, 4.69) is 78.0 Å². The average molecular weight is 416 g/mol. The van der Waals surface area contributed by atoms with Crippen LogP contribution in [0.25, 0.3) is 4.98 Å². The second-order valence-corrected chi connectivity index (χ2v) is 13.2. The van der Waals surface area contributed by atoms with Crippen LogP contribution in [0, 0.1) is 5.92 Å². The van der Waals surface area contributed by atoms with Crippen LogP contribution in [0.1, 0.15) is 46.2 Å². The zero-order valence-electron chi connectivity index (χ0n) is 15.7. The van der Waals surface area contributed by atoms with Crippen molar-refractivity contribution >= 4 is 26.8 Å². The van der Waals surface area contributed by atoms with Gasteiger partial charge in [-0.15, -0.1) is 6.04 Å². The molecule has 0 aromatic heterocycles. The molecular formula is C19H27Cl2NSiTi-. The summed E-state index contributed by atoms with van der Waals surface area (Å²) in [4.78, 5) is 5.26. The molecule has 24 heavy (non-hydrogen) atoms. The first-order chi connectivity index (χ1) is 11.2. The van der Waals surface area contributed by atoms with Crippen molar-refractivity contribution in [1.29, 1.82) is 0 Å². The Balaban J connectivity index is 0.000000891. The first-order valence-electron chi connectivity index (χ1n) is 8.14. The summed E-state index contributed by atoms with van der Waals surface area (Å²) in [5.41, 5.74) is 5.68. The van der Waals surface area contributed by atoms with Crippen molar-refractivity contribution in [2.24, 2.45) is 0 Å². The summed E-state index contributed by atoms with van der Waals surface area (Å²) in [6.45, 7) is 16.0. The van der Waals surface area contributed by atoms with Crippen LogP contribution in [0.2, 0.25) is 13.1 Å². The molecule has 0 amide bonds. The van der Waals surface area contributed by atoms with Gasteiger partial charge in [0.05, 0.1) is 0 Å². The van der Waals surface area contributed by atoms with Gasteiger partial charge >= 0.3 is 35.6 Å². The molecule has 0 fully saturated rings. The molecular weight excluding hydrogens is 389 g/mol. The third kappa shape index (κ3) is 5.33. The van der Waals surface area contributed by atoms with E-state index in [9.17, 15) is 0 Å². The molecule has 1 aromatic carbocycles. The standard InChI is InChI=1S/C19H27NSi.2ClH.Ti/c1-13-14(2)16(4)19(15(13)3)21(6,7)20-17(5)18-11-9-8-10-12-18;;;/h8-12,17H,1-7H3;2*1H;/q-1;;;+2/p-2. The van der Waals surface area contributed by atoms with Crippen molar-refractivity contribution < 1.29 is 17.0 Å². The second kappa shape index (κ2) is 9.75. The van der Waals surface area contributed by atoms with Crippen LogP contribution >= 0.6 is 18.6 Å². The van der Waals surface area contributed by atoms with Gasteiger partial charge < -0.3 is 4.98 Å². The molecule has 1 aliphatic carbocycles. The molecule has 1 aromatic rings. The van der Waals surface area contributed by atoms with Crippen molar-refractivity contribution in [3.05, 3.63) is 68.7 Å². The van der Waals surface area contributed by atoms with Crippen molar-refractivity contribution in [2.75, 3.05) is 0 Å². The first kappa shape index (κ1) is 22.2. The molecule has 2 rings (SSSR count). The Bertz CT molecular complexity index is 611. The molecule has 1 nitrogen and oxygen atoms in total. The van der Waals surface area contributed by atoms with Gasteiger partial charge in [0.25, 0.3) is 0 Å². The summed E-state index contributed by atoms with van der Waals surface area (Å²) in [6.07, 6.45) is 0. The quantitative estimate of drug-likeness (QED) is 0.451. The fourth-order valence-corrected chi connectivity index (χ4v) is 6.95. The number of halogens is 2. The summed E-state index contributed by atoms with van der Waals surface area (Å²) in [5.74, 6) is 1.46. The SMILES string of the molecule is C[C]1C(C)=C(C)C(C)=C1[Si](C)(C)[N-]C(C)c1ccccc1.[Cl][Ti][Cl]. The van der Waals surface area contributed by atoms with Gasteiger partial charge in [-0.2, -0.15) is 0 Å². The van der Waals surface area contributed by atoms with Crippen LogP contribution in [-0.4, -0.2) is 8.24 Å². The van der Waals surface area contributed by atoms with E-state index < -0.39 is 25.3 Å². The minimum atomic E-state index is -1.80. The van der Waals surface area contributed by atoms with Crippen LogP contribution in [0.15, 0.2) is 52.2 Å². The van der Waals surface area contributed by atoms with Crippen LogP contribution in [-0.2, 0) is 17.0 Å². The molecule has 0 N–H and O–H groups in total. The van der Waals surface area contributed by atoms with Crippen LogP contribution in [0.4, 0.5) is 0 Å². The van der Waals surface area contributed by atoms with Gasteiger partial charge in [-0.05, 0) is 34.6 Å². The fraction of sp³-hybridized carbons (Fsp3) is 0.421. The minimum absolute atomic E-state index is 0.266. The monoisotopic (exact) mass is 415 g/mol. The van der Waals surface area contributed by atoms with E-state index in [1.54, 1.807) is 5.20 Å². The Morgan fingerprint density at radius 2 is 1.42 bits per heavy atom. The summed E-state index contributed by atoms with van der Waals surface area (Å²) < 4.78 is 0. The van der Waals surface area contributed by atoms with E-state index in [-0.39, 0.29) is 6.04 Å². The molecule has 5 heteroatoms. The molecule has 1 radical (unpaired) electrons. The second-order valence-electron chi connectivity index (χ2n) is 6.72. The maximum absolute atomic E-state index is 5.26. The first-order valence-corrected chi connectivity index (χ1v) is 15.4. The van der Waals surface area contributed by atoms with Gasteiger partial charge in [-0.25, -0.2) is 0 Å². The summed E-state index contributed by atoms with van der Waals surface area (Å²) >= 11 is -0.556. The van der Waals surface area contributed by atoms with Gasteiger partial charge in [-0.3, -0.25) is 0 Å². The Hall–Kier alpha value is 0.171. The third-order valence-corrected chi connectivity index (χ3v) is 7.85. The van der Waals surface area contributed by atoms with Crippen molar-refractivity contribution in [2.45, 2.75) is 53.8 Å². The number of hydrogen-bond donors (Lipinski definition) is 0. The van der Waals surface area contributed by atoms with Crippen LogP contribution in [0.3, 0.4) is 0 Å².